The Balaban J connectivity index is 0.960. The topological polar surface area (TPSA) is 54.4 Å². The average Bonchev–Trinajstić information content (AvgIpc) is 4.35. The second kappa shape index (κ2) is 17.6. The van der Waals surface area contributed by atoms with Crippen LogP contribution in [0.25, 0.3) is 149 Å². The van der Waals surface area contributed by atoms with Crippen LogP contribution in [0.4, 0.5) is 8.78 Å². The minimum absolute atomic E-state index is 0.175. The minimum atomic E-state index is -0.735. The predicted molar refractivity (Wildman–Crippen MR) is 325 cm³/mol. The maximum absolute atomic E-state index is 19.6. The molecule has 0 aliphatic rings. The van der Waals surface area contributed by atoms with Crippen LogP contribution in [-0.2, 0) is 0 Å². The molecule has 0 bridgehead atoms. The second-order valence-electron chi connectivity index (χ2n) is 20.7. The normalized spacial score (nSPS) is 11.9. The predicted octanol–water partition coefficient (Wildman–Crippen LogP) is 19.4. The number of aromatic nitrogens is 4. The lowest BCUT2D eigenvalue weighted by atomic mass is 9.96. The molecule has 0 unspecified atom stereocenters. The zero-order valence-corrected chi connectivity index (χ0v) is 42.8. The van der Waals surface area contributed by atoms with Gasteiger partial charge < -0.3 is 18.7 Å². The lowest BCUT2D eigenvalue weighted by Gasteiger charge is -2.25. The molecule has 7 heteroatoms. The van der Waals surface area contributed by atoms with Crippen LogP contribution in [0.5, 0.6) is 0 Å². The smallest absolute Gasteiger partial charge is 0.174 e. The van der Waals surface area contributed by atoms with E-state index in [2.05, 4.69) is 132 Å². The molecule has 16 aromatic rings. The summed E-state index contributed by atoms with van der Waals surface area (Å²) in [6.45, 7) is 0. The molecule has 0 saturated heterocycles. The quantitative estimate of drug-likeness (QED) is 0.170. The Labute approximate surface area is 457 Å². The molecule has 12 aromatic carbocycles. The van der Waals surface area contributed by atoms with Gasteiger partial charge in [-0.2, -0.15) is 5.26 Å². The Hall–Kier alpha value is -10.8. The van der Waals surface area contributed by atoms with Gasteiger partial charge in [-0.15, -0.1) is 0 Å². The highest BCUT2D eigenvalue weighted by Crippen LogP contribution is 2.48. The number of hydrogen-bond acceptors (Lipinski definition) is 1. The number of nitrogens with zero attached hydrogens (tertiary/aromatic N) is 4. The lowest BCUT2D eigenvalue weighted by molar-refractivity contribution is 0.567. The van der Waals surface area contributed by atoms with Gasteiger partial charge in [0.2, 0.25) is 0 Å². The van der Waals surface area contributed by atoms with Crippen LogP contribution >= 0.6 is 0 Å². The van der Waals surface area contributed by atoms with Crippen LogP contribution in [0.3, 0.4) is 0 Å². The van der Waals surface area contributed by atoms with E-state index >= 15 is 8.78 Å². The molecule has 374 valence electrons. The van der Waals surface area contributed by atoms with Crippen molar-refractivity contribution in [1.82, 2.24) is 18.7 Å². The maximum Gasteiger partial charge on any atom is 0.174 e. The van der Waals surface area contributed by atoms with E-state index in [1.54, 1.807) is 16.7 Å². The molecular weight excluding hydrogens is 985 g/mol. The summed E-state index contributed by atoms with van der Waals surface area (Å²) in [5.41, 5.74) is 14.5. The molecular formula is C73H43F2N5. The molecule has 0 atom stereocenters. The van der Waals surface area contributed by atoms with Gasteiger partial charge in [-0.1, -0.05) is 170 Å². The van der Waals surface area contributed by atoms with Crippen LogP contribution in [0.2, 0.25) is 0 Å². The molecule has 4 heterocycles. The molecule has 0 amide bonds. The van der Waals surface area contributed by atoms with Gasteiger partial charge >= 0.3 is 0 Å². The van der Waals surface area contributed by atoms with Crippen molar-refractivity contribution in [1.29, 1.82) is 5.26 Å². The van der Waals surface area contributed by atoms with Gasteiger partial charge in [0.1, 0.15) is 5.69 Å². The number of para-hydroxylation sites is 5. The molecule has 0 fully saturated rings. The SMILES string of the molecule is N#Cc1ccc(-c2c(-n3c4ccccc4c4ccccc43)c(F)c(-n3c4ccccc4c4ccccc43)c(F)c2-n2c3ccccc3c3cc(-c4cccc(-c5ccc6[nH]c7ccc(-c8ccccc8)cc7c6c5)c4)ccc32)cc1. The number of fused-ring (bicyclic) bond motifs is 12. The number of nitrogens with one attached hydrogen (secondary N) is 1. The molecule has 4 aromatic heterocycles. The third kappa shape index (κ3) is 6.73. The molecule has 0 aliphatic heterocycles. The van der Waals surface area contributed by atoms with Crippen LogP contribution in [0.1, 0.15) is 5.56 Å². The van der Waals surface area contributed by atoms with E-state index < -0.39 is 11.6 Å². The fourth-order valence-corrected chi connectivity index (χ4v) is 12.7. The first kappa shape index (κ1) is 45.4. The summed E-state index contributed by atoms with van der Waals surface area (Å²) in [6, 6.07) is 87.8. The fraction of sp³-hybridized carbons (Fsp3) is 0. The number of hydrogen-bond donors (Lipinski definition) is 1. The van der Waals surface area contributed by atoms with Crippen molar-refractivity contribution in [3.8, 4) is 67.6 Å². The minimum Gasteiger partial charge on any atom is -0.355 e. The molecule has 1 N–H and O–H groups in total. The summed E-state index contributed by atoms with van der Waals surface area (Å²) < 4.78 is 44.7. The van der Waals surface area contributed by atoms with E-state index in [-0.39, 0.29) is 17.1 Å². The maximum atomic E-state index is 19.6. The summed E-state index contributed by atoms with van der Waals surface area (Å²) in [6.07, 6.45) is 0. The number of halogens is 2. The van der Waals surface area contributed by atoms with E-state index in [1.807, 2.05) is 130 Å². The van der Waals surface area contributed by atoms with Crippen LogP contribution in [0.15, 0.2) is 255 Å². The first-order chi connectivity index (χ1) is 39.5. The third-order valence-electron chi connectivity index (χ3n) is 16.3. The monoisotopic (exact) mass is 1030 g/mol. The van der Waals surface area contributed by atoms with Crippen molar-refractivity contribution in [3.63, 3.8) is 0 Å². The van der Waals surface area contributed by atoms with Crippen LogP contribution in [0, 0.1) is 23.0 Å². The van der Waals surface area contributed by atoms with Gasteiger partial charge in [0.05, 0.1) is 56.1 Å². The van der Waals surface area contributed by atoms with E-state index in [4.69, 9.17) is 0 Å². The zero-order chi connectivity index (χ0) is 53.2. The van der Waals surface area contributed by atoms with Crippen molar-refractivity contribution >= 4 is 87.2 Å². The molecule has 16 rings (SSSR count). The largest absolute Gasteiger partial charge is 0.355 e. The van der Waals surface area contributed by atoms with Crippen molar-refractivity contribution in [2.75, 3.05) is 0 Å². The number of aromatic amines is 1. The highest BCUT2D eigenvalue weighted by molar-refractivity contribution is 6.15. The lowest BCUT2D eigenvalue weighted by Crippen LogP contribution is -2.14. The summed E-state index contributed by atoms with van der Waals surface area (Å²) in [5, 5.41) is 17.9. The van der Waals surface area contributed by atoms with Gasteiger partial charge in [0.25, 0.3) is 0 Å². The Bertz CT molecular complexity index is 5170. The fourth-order valence-electron chi connectivity index (χ4n) is 12.7. The second-order valence-corrected chi connectivity index (χ2v) is 20.7. The number of rotatable bonds is 7. The first-order valence-electron chi connectivity index (χ1n) is 26.8. The van der Waals surface area contributed by atoms with Gasteiger partial charge in [-0.05, 0) is 124 Å². The third-order valence-corrected chi connectivity index (χ3v) is 16.3. The molecule has 0 saturated carbocycles. The Morgan fingerprint density at radius 1 is 0.287 bits per heavy atom. The highest BCUT2D eigenvalue weighted by Gasteiger charge is 2.33. The summed E-state index contributed by atoms with van der Waals surface area (Å²) in [4.78, 5) is 3.63. The highest BCUT2D eigenvalue weighted by atomic mass is 19.1. The molecule has 5 nitrogen and oxygen atoms in total. The number of benzene rings is 12. The molecule has 0 radical (unpaired) electrons. The van der Waals surface area contributed by atoms with E-state index in [1.165, 1.54) is 16.5 Å². The van der Waals surface area contributed by atoms with Gasteiger partial charge in [0, 0.05) is 59.7 Å². The van der Waals surface area contributed by atoms with E-state index in [9.17, 15) is 5.26 Å². The summed E-state index contributed by atoms with van der Waals surface area (Å²) in [7, 11) is 0. The Morgan fingerprint density at radius 2 is 0.637 bits per heavy atom. The Morgan fingerprint density at radius 3 is 1.11 bits per heavy atom. The van der Waals surface area contributed by atoms with Gasteiger partial charge in [-0.3, -0.25) is 0 Å². The van der Waals surface area contributed by atoms with Crippen molar-refractivity contribution in [2.45, 2.75) is 0 Å². The Kier molecular flexibility index (Phi) is 10.00. The van der Waals surface area contributed by atoms with Crippen molar-refractivity contribution in [3.05, 3.63) is 272 Å². The van der Waals surface area contributed by atoms with Crippen LogP contribution < -0.4 is 0 Å². The zero-order valence-electron chi connectivity index (χ0n) is 42.8. The number of nitriles is 1. The van der Waals surface area contributed by atoms with E-state index in [0.717, 1.165) is 93.1 Å². The first-order valence-corrected chi connectivity index (χ1v) is 26.8. The van der Waals surface area contributed by atoms with Crippen molar-refractivity contribution < 1.29 is 8.78 Å². The van der Waals surface area contributed by atoms with Gasteiger partial charge in [0.15, 0.2) is 11.6 Å². The molecule has 0 spiro atoms. The standard InChI is InChI=1S/C73H43F2N5/c74-69-71(78-62-24-9-4-19-52(62)53-20-5-10-25-63(53)78)68(46-31-29-44(43-76)30-32-46)72(70(75)73(69)80-64-26-11-6-21-54(64)55-22-7-12-27-65(55)80)79-66-28-13-8-23-56(66)59-42-51(35-38-67(59)79)48-18-14-17-47(39-48)50-34-37-61-58(41-50)57-40-49(33-36-60(57)77-61)45-15-2-1-3-16-45/h1-42,77H. The average molecular weight is 1030 g/mol. The van der Waals surface area contributed by atoms with E-state index in [0.29, 0.717) is 27.7 Å². The summed E-state index contributed by atoms with van der Waals surface area (Å²) >= 11 is 0. The number of H-pyrrole nitrogens is 1. The van der Waals surface area contributed by atoms with Crippen LogP contribution in [-0.4, -0.2) is 18.7 Å². The molecule has 80 heavy (non-hydrogen) atoms. The van der Waals surface area contributed by atoms with Crippen molar-refractivity contribution in [2.24, 2.45) is 0 Å². The molecule has 0 aliphatic carbocycles. The summed E-state index contributed by atoms with van der Waals surface area (Å²) in [5.74, 6) is -1.46. The van der Waals surface area contributed by atoms with Gasteiger partial charge in [-0.25, -0.2) is 8.78 Å².